The summed E-state index contributed by atoms with van der Waals surface area (Å²) in [4.78, 5) is 0. The minimum absolute atomic E-state index is 0.129. The zero-order valence-electron chi connectivity index (χ0n) is 9.69. The lowest BCUT2D eigenvalue weighted by Crippen LogP contribution is -2.05. The van der Waals surface area contributed by atoms with Gasteiger partial charge in [0.1, 0.15) is 12.4 Å². The lowest BCUT2D eigenvalue weighted by molar-refractivity contribution is 0.00997. The van der Waals surface area contributed by atoms with E-state index in [0.717, 1.165) is 23.8 Å². The Hall–Kier alpha value is -1.50. The summed E-state index contributed by atoms with van der Waals surface area (Å²) in [6.07, 6.45) is 2.57. The molecule has 2 rings (SSSR count). The summed E-state index contributed by atoms with van der Waals surface area (Å²) in [7, 11) is 0. The van der Waals surface area contributed by atoms with E-state index in [1.54, 1.807) is 0 Å². The molecule has 1 saturated carbocycles. The molecule has 0 aliphatic heterocycles. The van der Waals surface area contributed by atoms with E-state index in [2.05, 4.69) is 11.8 Å². The van der Waals surface area contributed by atoms with Crippen LogP contribution in [0.4, 0.5) is 0 Å². The molecule has 0 saturated heterocycles. The summed E-state index contributed by atoms with van der Waals surface area (Å²) >= 11 is 0. The van der Waals surface area contributed by atoms with Gasteiger partial charge in [-0.3, -0.25) is 0 Å². The maximum atomic E-state index is 8.60. The first kappa shape index (κ1) is 12.0. The Labute approximate surface area is 101 Å². The van der Waals surface area contributed by atoms with Crippen LogP contribution in [0, 0.1) is 17.8 Å². The van der Waals surface area contributed by atoms with Crippen LogP contribution in [0.5, 0.6) is 5.75 Å². The molecular formula is C14H16O3. The summed E-state index contributed by atoms with van der Waals surface area (Å²) in [5.41, 5.74) is 0.832. The summed E-state index contributed by atoms with van der Waals surface area (Å²) in [6.45, 7) is 0.951. The van der Waals surface area contributed by atoms with Crippen LogP contribution >= 0.6 is 0 Å². The van der Waals surface area contributed by atoms with E-state index in [4.69, 9.17) is 14.6 Å². The van der Waals surface area contributed by atoms with Crippen LogP contribution in [0.15, 0.2) is 24.3 Å². The Kier molecular flexibility index (Phi) is 4.43. The topological polar surface area (TPSA) is 38.7 Å². The Morgan fingerprint density at radius 1 is 1.35 bits per heavy atom. The molecule has 1 aromatic carbocycles. The maximum absolute atomic E-state index is 8.60. The van der Waals surface area contributed by atoms with E-state index >= 15 is 0 Å². The van der Waals surface area contributed by atoms with Gasteiger partial charge in [-0.15, -0.1) is 0 Å². The monoisotopic (exact) mass is 232 g/mol. The van der Waals surface area contributed by atoms with E-state index in [9.17, 15) is 0 Å². The first-order valence-electron chi connectivity index (χ1n) is 5.79. The number of ether oxygens (including phenoxy) is 2. The van der Waals surface area contributed by atoms with Gasteiger partial charge in [-0.05, 0) is 37.0 Å². The third kappa shape index (κ3) is 4.48. The fraction of sp³-hybridized carbons (Fsp3) is 0.429. The number of aliphatic hydroxyl groups is 1. The molecule has 1 aliphatic carbocycles. The molecule has 0 bridgehead atoms. The average Bonchev–Trinajstić information content (AvgIpc) is 3.17. The van der Waals surface area contributed by atoms with Gasteiger partial charge >= 0.3 is 0 Å². The molecule has 0 unspecified atom stereocenters. The van der Waals surface area contributed by atoms with Gasteiger partial charge in [-0.1, -0.05) is 17.9 Å². The van der Waals surface area contributed by atoms with Crippen molar-refractivity contribution in [2.24, 2.45) is 5.92 Å². The second-order valence-electron chi connectivity index (χ2n) is 4.06. The van der Waals surface area contributed by atoms with Crippen LogP contribution in [-0.4, -0.2) is 25.1 Å². The van der Waals surface area contributed by atoms with Gasteiger partial charge in [0.05, 0.1) is 6.61 Å². The fourth-order valence-electron chi connectivity index (χ4n) is 1.41. The molecule has 3 nitrogen and oxygen atoms in total. The molecule has 0 aromatic heterocycles. The van der Waals surface area contributed by atoms with E-state index in [1.165, 1.54) is 12.8 Å². The van der Waals surface area contributed by atoms with Gasteiger partial charge in [-0.25, -0.2) is 0 Å². The highest BCUT2D eigenvalue weighted by Crippen LogP contribution is 2.28. The second-order valence-corrected chi connectivity index (χ2v) is 4.06. The Morgan fingerprint density at radius 3 is 3.00 bits per heavy atom. The molecule has 17 heavy (non-hydrogen) atoms. The van der Waals surface area contributed by atoms with Gasteiger partial charge in [0.25, 0.3) is 0 Å². The highest BCUT2D eigenvalue weighted by atomic mass is 16.7. The molecule has 0 atom stereocenters. The predicted octanol–water partition coefficient (Wildman–Crippen LogP) is 1.79. The molecule has 3 heteroatoms. The van der Waals surface area contributed by atoms with Crippen molar-refractivity contribution in [1.82, 2.24) is 0 Å². The number of rotatable bonds is 5. The third-order valence-electron chi connectivity index (χ3n) is 2.51. The summed E-state index contributed by atoms with van der Waals surface area (Å²) in [5, 5.41) is 8.60. The first-order chi connectivity index (χ1) is 8.38. The smallest absolute Gasteiger partial charge is 0.189 e. The lowest BCUT2D eigenvalue weighted by atomic mass is 10.2. The van der Waals surface area contributed by atoms with Crippen molar-refractivity contribution in [3.63, 3.8) is 0 Å². The average molecular weight is 232 g/mol. The normalized spacial score (nSPS) is 13.9. The molecule has 90 valence electrons. The molecule has 1 aromatic rings. The van der Waals surface area contributed by atoms with Crippen molar-refractivity contribution in [2.45, 2.75) is 12.8 Å². The van der Waals surface area contributed by atoms with Gasteiger partial charge in [0, 0.05) is 5.56 Å². The molecule has 1 aliphatic rings. The molecule has 0 amide bonds. The lowest BCUT2D eigenvalue weighted by Gasteiger charge is -2.06. The molecular weight excluding hydrogens is 216 g/mol. The molecule has 0 spiro atoms. The van der Waals surface area contributed by atoms with Gasteiger partial charge < -0.3 is 14.6 Å². The fourth-order valence-corrected chi connectivity index (χ4v) is 1.41. The van der Waals surface area contributed by atoms with Gasteiger partial charge in [0.15, 0.2) is 6.79 Å². The Bertz CT molecular complexity index is 413. The van der Waals surface area contributed by atoms with Crippen molar-refractivity contribution in [3.8, 4) is 17.6 Å². The molecule has 1 N–H and O–H groups in total. The van der Waals surface area contributed by atoms with Crippen molar-refractivity contribution in [2.75, 3.05) is 20.0 Å². The predicted molar refractivity (Wildman–Crippen MR) is 64.6 cm³/mol. The second kappa shape index (κ2) is 6.29. The zero-order valence-corrected chi connectivity index (χ0v) is 9.69. The summed E-state index contributed by atoms with van der Waals surface area (Å²) in [6, 6.07) is 7.45. The highest BCUT2D eigenvalue weighted by molar-refractivity contribution is 5.39. The van der Waals surface area contributed by atoms with Crippen LogP contribution in [-0.2, 0) is 4.74 Å². The van der Waals surface area contributed by atoms with Gasteiger partial charge in [0.2, 0.25) is 0 Å². The standard InChI is InChI=1S/C14H16O3/c15-8-2-4-12-3-1-5-14(9-12)17-11-16-10-13-6-7-13/h1,3,5,9,13,15H,6-8,10-11H2. The van der Waals surface area contributed by atoms with Crippen LogP contribution < -0.4 is 4.74 Å². The van der Waals surface area contributed by atoms with Crippen LogP contribution in [0.1, 0.15) is 18.4 Å². The van der Waals surface area contributed by atoms with Crippen molar-refractivity contribution in [1.29, 1.82) is 0 Å². The third-order valence-corrected chi connectivity index (χ3v) is 2.51. The number of benzene rings is 1. The number of hydrogen-bond donors (Lipinski definition) is 1. The Morgan fingerprint density at radius 2 is 2.24 bits per heavy atom. The van der Waals surface area contributed by atoms with Crippen molar-refractivity contribution in [3.05, 3.63) is 29.8 Å². The van der Waals surface area contributed by atoms with Gasteiger partial charge in [-0.2, -0.15) is 0 Å². The molecule has 0 radical (unpaired) electrons. The Balaban J connectivity index is 1.78. The first-order valence-corrected chi connectivity index (χ1v) is 5.79. The van der Waals surface area contributed by atoms with E-state index in [1.807, 2.05) is 24.3 Å². The van der Waals surface area contributed by atoms with E-state index < -0.39 is 0 Å². The quantitative estimate of drug-likeness (QED) is 0.478. The van der Waals surface area contributed by atoms with Crippen molar-refractivity contribution >= 4 is 0 Å². The van der Waals surface area contributed by atoms with Crippen LogP contribution in [0.25, 0.3) is 0 Å². The highest BCUT2D eigenvalue weighted by Gasteiger charge is 2.20. The van der Waals surface area contributed by atoms with E-state index in [-0.39, 0.29) is 13.4 Å². The SMILES string of the molecule is OCC#Cc1cccc(OCOCC2CC2)c1. The molecule has 1 fully saturated rings. The zero-order chi connectivity index (χ0) is 11.9. The van der Waals surface area contributed by atoms with E-state index in [0.29, 0.717) is 0 Å². The minimum Gasteiger partial charge on any atom is -0.468 e. The van der Waals surface area contributed by atoms with Crippen LogP contribution in [0.3, 0.4) is 0 Å². The number of hydrogen-bond acceptors (Lipinski definition) is 3. The summed E-state index contributed by atoms with van der Waals surface area (Å²) in [5.74, 6) is 6.93. The molecule has 0 heterocycles. The largest absolute Gasteiger partial charge is 0.468 e. The minimum atomic E-state index is -0.129. The van der Waals surface area contributed by atoms with Crippen LogP contribution in [0.2, 0.25) is 0 Å². The number of aliphatic hydroxyl groups excluding tert-OH is 1. The summed E-state index contributed by atoms with van der Waals surface area (Å²) < 4.78 is 10.8. The maximum Gasteiger partial charge on any atom is 0.189 e. The van der Waals surface area contributed by atoms with Crippen molar-refractivity contribution < 1.29 is 14.6 Å².